The second-order valence-corrected chi connectivity index (χ2v) is 12.5. The first-order chi connectivity index (χ1) is 17.8. The lowest BCUT2D eigenvalue weighted by Crippen LogP contribution is -2.70. The Balaban J connectivity index is 1.41. The van der Waals surface area contributed by atoms with Gasteiger partial charge < -0.3 is 14.6 Å². The molecule has 7 nitrogen and oxygen atoms in total. The summed E-state index contributed by atoms with van der Waals surface area (Å²) in [6.07, 6.45) is 2.53. The molecular formula is C29H35F2NO6. The number of alkyl halides is 2. The zero-order chi connectivity index (χ0) is 27.4. The minimum Gasteiger partial charge on any atom is -0.469 e. The van der Waals surface area contributed by atoms with Crippen molar-refractivity contribution in [3.63, 3.8) is 0 Å². The van der Waals surface area contributed by atoms with Gasteiger partial charge in [0.2, 0.25) is 0 Å². The monoisotopic (exact) mass is 531 g/mol. The minimum atomic E-state index is -2.23. The summed E-state index contributed by atoms with van der Waals surface area (Å²) in [6.45, 7) is 7.18. The van der Waals surface area contributed by atoms with E-state index in [0.717, 1.165) is 16.9 Å². The number of hydroxylamine groups is 2. The fourth-order valence-corrected chi connectivity index (χ4v) is 9.04. The Morgan fingerprint density at radius 1 is 1.24 bits per heavy atom. The third kappa shape index (κ3) is 2.96. The standard InChI is InChI=1S/C29H35F2NO6/c1-15-14-37-16(2)19(15)12-32-11-17-7-20-21-9-23(30)22-8-18(34)5-6-26(22,3)28(21,31)24(35)10-27(20,4)29(17,38-32)25(36)13-33/h5-6,8,14,17,20-21,23-24,33,35H,7,9-13H2,1-4H3/t17-,20-,21-,23-,24-,26-,27-,28-,29-/m0/s1. The van der Waals surface area contributed by atoms with E-state index < -0.39 is 64.4 Å². The number of hydrogen-bond donors (Lipinski definition) is 2. The van der Waals surface area contributed by atoms with E-state index in [4.69, 9.17) is 9.25 Å². The van der Waals surface area contributed by atoms with Crippen molar-refractivity contribution in [2.75, 3.05) is 13.2 Å². The van der Waals surface area contributed by atoms with E-state index in [-0.39, 0.29) is 24.3 Å². The zero-order valence-electron chi connectivity index (χ0n) is 22.2. The summed E-state index contributed by atoms with van der Waals surface area (Å²) in [5.74, 6) is -1.90. The van der Waals surface area contributed by atoms with E-state index in [1.807, 2.05) is 20.8 Å². The normalized spacial score (nSPS) is 45.8. The van der Waals surface area contributed by atoms with Crippen molar-refractivity contribution in [1.82, 2.24) is 5.06 Å². The van der Waals surface area contributed by atoms with Crippen LogP contribution in [0.5, 0.6) is 0 Å². The number of halogens is 2. The SMILES string of the molecule is Cc1coc(C)c1CN1C[C@@H]2C[C@H]3[C@@H]4C[C@H](F)C5=CC(=O)C=C[C@]5(C)[C@@]4(F)[C@@H](O)C[C@]3(C)[C@]2(C(=O)CO)O1. The van der Waals surface area contributed by atoms with Crippen molar-refractivity contribution in [2.24, 2.45) is 28.6 Å². The van der Waals surface area contributed by atoms with Gasteiger partial charge in [0.05, 0.1) is 18.9 Å². The molecule has 1 aliphatic heterocycles. The number of aliphatic hydroxyl groups is 2. The van der Waals surface area contributed by atoms with Gasteiger partial charge in [-0.15, -0.1) is 0 Å². The first-order valence-electron chi connectivity index (χ1n) is 13.4. The van der Waals surface area contributed by atoms with Crippen LogP contribution in [0.1, 0.15) is 50.0 Å². The summed E-state index contributed by atoms with van der Waals surface area (Å²) in [7, 11) is 0. The van der Waals surface area contributed by atoms with E-state index in [1.165, 1.54) is 18.2 Å². The zero-order valence-corrected chi connectivity index (χ0v) is 22.2. The van der Waals surface area contributed by atoms with Crippen LogP contribution < -0.4 is 0 Å². The quantitative estimate of drug-likeness (QED) is 0.614. The summed E-state index contributed by atoms with van der Waals surface area (Å²) in [6, 6.07) is 0. The number of hydrogen-bond acceptors (Lipinski definition) is 7. The first-order valence-corrected chi connectivity index (χ1v) is 13.4. The highest BCUT2D eigenvalue weighted by Crippen LogP contribution is 2.72. The van der Waals surface area contributed by atoms with Crippen molar-refractivity contribution in [2.45, 2.75) is 77.0 Å². The molecule has 5 aliphatic rings. The van der Waals surface area contributed by atoms with Crippen LogP contribution in [0.25, 0.3) is 0 Å². The summed E-state index contributed by atoms with van der Waals surface area (Å²) >= 11 is 0. The van der Waals surface area contributed by atoms with Crippen molar-refractivity contribution in [3.8, 4) is 0 Å². The lowest BCUT2D eigenvalue weighted by molar-refractivity contribution is -0.269. The molecule has 0 unspecified atom stereocenters. The number of allylic oxidation sites excluding steroid dienone is 4. The molecule has 0 radical (unpaired) electrons. The van der Waals surface area contributed by atoms with Crippen LogP contribution in [0.4, 0.5) is 8.78 Å². The second-order valence-electron chi connectivity index (χ2n) is 12.5. The van der Waals surface area contributed by atoms with Gasteiger partial charge in [-0.3, -0.25) is 14.4 Å². The molecule has 2 N–H and O–H groups in total. The molecule has 0 aromatic carbocycles. The molecule has 0 spiro atoms. The lowest BCUT2D eigenvalue weighted by atomic mass is 9.44. The third-order valence-electron chi connectivity index (χ3n) is 10.9. The number of aliphatic hydroxyl groups excluding tert-OH is 2. The average Bonchev–Trinajstić information content (AvgIpc) is 3.47. The highest BCUT2D eigenvalue weighted by atomic mass is 19.1. The fraction of sp³-hybridized carbons (Fsp3) is 0.655. The number of nitrogens with zero attached hydrogens (tertiary/aromatic N) is 1. The number of carbonyl (C=O) groups excluding carboxylic acids is 2. The third-order valence-corrected chi connectivity index (χ3v) is 10.9. The molecule has 1 aromatic rings. The van der Waals surface area contributed by atoms with Gasteiger partial charge in [0.25, 0.3) is 0 Å². The van der Waals surface area contributed by atoms with E-state index in [0.29, 0.717) is 19.5 Å². The van der Waals surface area contributed by atoms with Gasteiger partial charge in [-0.1, -0.05) is 13.0 Å². The molecule has 4 aliphatic carbocycles. The summed E-state index contributed by atoms with van der Waals surface area (Å²) in [5.41, 5.74) is -4.26. The maximum Gasteiger partial charge on any atom is 0.192 e. The molecule has 6 rings (SSSR count). The van der Waals surface area contributed by atoms with Crippen molar-refractivity contribution in [1.29, 1.82) is 0 Å². The predicted molar refractivity (Wildman–Crippen MR) is 132 cm³/mol. The molecule has 9 atom stereocenters. The Morgan fingerprint density at radius 2 is 1.97 bits per heavy atom. The van der Waals surface area contributed by atoms with Gasteiger partial charge in [0, 0.05) is 34.8 Å². The van der Waals surface area contributed by atoms with E-state index in [2.05, 4.69) is 0 Å². The van der Waals surface area contributed by atoms with Crippen LogP contribution in [-0.4, -0.2) is 63.5 Å². The number of aryl methyl sites for hydroxylation is 2. The number of Topliss-reactive ketones (excluding diaryl/α,β-unsaturated/α-hetero) is 1. The van der Waals surface area contributed by atoms with Crippen LogP contribution >= 0.6 is 0 Å². The molecule has 0 bridgehead atoms. The van der Waals surface area contributed by atoms with Crippen LogP contribution in [0, 0.1) is 42.4 Å². The number of rotatable bonds is 4. The van der Waals surface area contributed by atoms with Crippen LogP contribution in [0.2, 0.25) is 0 Å². The molecule has 38 heavy (non-hydrogen) atoms. The molecule has 1 aromatic heterocycles. The van der Waals surface area contributed by atoms with Crippen LogP contribution in [0.3, 0.4) is 0 Å². The average molecular weight is 532 g/mol. The van der Waals surface area contributed by atoms with Crippen LogP contribution in [-0.2, 0) is 21.0 Å². The number of carbonyl (C=O) groups is 2. The fourth-order valence-electron chi connectivity index (χ4n) is 9.04. The largest absolute Gasteiger partial charge is 0.469 e. The highest BCUT2D eigenvalue weighted by molar-refractivity contribution is 6.01. The highest BCUT2D eigenvalue weighted by Gasteiger charge is 2.79. The maximum atomic E-state index is 17.4. The number of ketones is 2. The molecule has 0 amide bonds. The molecule has 9 heteroatoms. The van der Waals surface area contributed by atoms with E-state index >= 15 is 8.78 Å². The summed E-state index contributed by atoms with van der Waals surface area (Å²) in [4.78, 5) is 32.1. The van der Waals surface area contributed by atoms with Gasteiger partial charge in [-0.2, -0.15) is 5.06 Å². The first kappa shape index (κ1) is 26.0. The summed E-state index contributed by atoms with van der Waals surface area (Å²) in [5, 5.41) is 23.4. The van der Waals surface area contributed by atoms with Crippen LogP contribution in [0.15, 0.2) is 34.5 Å². The van der Waals surface area contributed by atoms with Crippen molar-refractivity contribution >= 4 is 11.6 Å². The molecular weight excluding hydrogens is 496 g/mol. The smallest absolute Gasteiger partial charge is 0.192 e. The number of furan rings is 1. The van der Waals surface area contributed by atoms with Gasteiger partial charge >= 0.3 is 0 Å². The molecule has 3 saturated carbocycles. The summed E-state index contributed by atoms with van der Waals surface area (Å²) < 4.78 is 38.6. The topological polar surface area (TPSA) is 100 Å². The Morgan fingerprint density at radius 3 is 2.63 bits per heavy atom. The molecule has 2 heterocycles. The van der Waals surface area contributed by atoms with Gasteiger partial charge in [0.1, 0.15) is 18.5 Å². The Kier molecular flexibility index (Phi) is 5.59. The molecule has 1 saturated heterocycles. The van der Waals surface area contributed by atoms with Gasteiger partial charge in [-0.05, 0) is 69.2 Å². The minimum absolute atomic E-state index is 0.0685. The predicted octanol–water partition coefficient (Wildman–Crippen LogP) is 3.49. The Hall–Kier alpha value is -2.20. The maximum absolute atomic E-state index is 17.4. The Bertz CT molecular complexity index is 1250. The van der Waals surface area contributed by atoms with Gasteiger partial charge in [-0.25, -0.2) is 8.78 Å². The number of fused-ring (bicyclic) bond motifs is 7. The Labute approximate surface area is 220 Å². The van der Waals surface area contributed by atoms with E-state index in [1.54, 1.807) is 18.3 Å². The van der Waals surface area contributed by atoms with Gasteiger partial charge in [0.15, 0.2) is 22.8 Å². The second kappa shape index (κ2) is 8.16. The lowest BCUT2D eigenvalue weighted by Gasteiger charge is -2.63. The van der Waals surface area contributed by atoms with Crippen molar-refractivity contribution < 1.29 is 37.8 Å². The van der Waals surface area contributed by atoms with Crippen molar-refractivity contribution in [3.05, 3.63) is 47.0 Å². The van der Waals surface area contributed by atoms with E-state index in [9.17, 15) is 19.8 Å². The molecule has 206 valence electrons. The molecule has 4 fully saturated rings.